The number of aromatic nitrogens is 2. The lowest BCUT2D eigenvalue weighted by atomic mass is 10.3. The molecule has 0 radical (unpaired) electrons. The summed E-state index contributed by atoms with van der Waals surface area (Å²) in [7, 11) is 0. The Bertz CT molecular complexity index is 492. The summed E-state index contributed by atoms with van der Waals surface area (Å²) in [6.45, 7) is 0. The summed E-state index contributed by atoms with van der Waals surface area (Å²) in [6.07, 6.45) is -3.59. The summed E-state index contributed by atoms with van der Waals surface area (Å²) >= 11 is 0. The van der Waals surface area contributed by atoms with Crippen molar-refractivity contribution < 1.29 is 23.0 Å². The molecule has 0 aliphatic carbocycles. The molecule has 1 heterocycles. The minimum Gasteiger partial charge on any atom is -0.508 e. The van der Waals surface area contributed by atoms with Gasteiger partial charge in [-0.1, -0.05) is 0 Å². The van der Waals surface area contributed by atoms with E-state index in [0.717, 1.165) is 6.07 Å². The zero-order valence-electron chi connectivity index (χ0n) is 7.17. The van der Waals surface area contributed by atoms with Crippen LogP contribution in [0.3, 0.4) is 0 Å². The van der Waals surface area contributed by atoms with E-state index in [4.69, 9.17) is 5.11 Å². The number of H-pyrrole nitrogens is 1. The minimum absolute atomic E-state index is 0.0186. The first-order chi connectivity index (χ1) is 6.96. The van der Waals surface area contributed by atoms with Crippen molar-refractivity contribution in [3.63, 3.8) is 0 Å². The van der Waals surface area contributed by atoms with Crippen LogP contribution in [0.25, 0.3) is 11.0 Å². The van der Waals surface area contributed by atoms with E-state index in [2.05, 4.69) is 14.7 Å². The van der Waals surface area contributed by atoms with Crippen molar-refractivity contribution in [3.05, 3.63) is 18.5 Å². The van der Waals surface area contributed by atoms with E-state index < -0.39 is 12.1 Å². The van der Waals surface area contributed by atoms with Crippen molar-refractivity contribution >= 4 is 11.0 Å². The molecule has 0 aliphatic rings. The van der Waals surface area contributed by atoms with Crippen LogP contribution in [0.5, 0.6) is 11.5 Å². The molecule has 2 aromatic rings. The number of alkyl halides is 3. The van der Waals surface area contributed by atoms with Gasteiger partial charge in [0.15, 0.2) is 5.75 Å². The molecule has 0 spiro atoms. The summed E-state index contributed by atoms with van der Waals surface area (Å²) in [4.78, 5) is 6.22. The monoisotopic (exact) mass is 218 g/mol. The second-order valence-corrected chi connectivity index (χ2v) is 2.79. The van der Waals surface area contributed by atoms with E-state index in [1.807, 2.05) is 0 Å². The number of hydrogen-bond acceptors (Lipinski definition) is 3. The van der Waals surface area contributed by atoms with Gasteiger partial charge in [0.25, 0.3) is 0 Å². The normalized spacial score (nSPS) is 11.9. The van der Waals surface area contributed by atoms with Crippen molar-refractivity contribution in [1.29, 1.82) is 0 Å². The van der Waals surface area contributed by atoms with Gasteiger partial charge in [-0.2, -0.15) is 0 Å². The molecule has 7 heteroatoms. The average molecular weight is 218 g/mol. The van der Waals surface area contributed by atoms with Gasteiger partial charge in [0.2, 0.25) is 0 Å². The predicted molar refractivity (Wildman–Crippen MR) is 44.4 cm³/mol. The molecule has 0 saturated carbocycles. The van der Waals surface area contributed by atoms with Gasteiger partial charge < -0.3 is 14.8 Å². The SMILES string of the molecule is Oc1cc(OC(F)(F)F)c2nc[nH]c2c1. The summed E-state index contributed by atoms with van der Waals surface area (Å²) in [5.74, 6) is -0.857. The second-order valence-electron chi connectivity index (χ2n) is 2.79. The van der Waals surface area contributed by atoms with Crippen LogP contribution in [-0.4, -0.2) is 21.4 Å². The lowest BCUT2D eigenvalue weighted by Crippen LogP contribution is -2.17. The second kappa shape index (κ2) is 3.04. The Labute approximate surface area is 81.3 Å². The highest BCUT2D eigenvalue weighted by Gasteiger charge is 2.32. The number of hydrogen-bond donors (Lipinski definition) is 2. The molecule has 1 aromatic carbocycles. The van der Waals surface area contributed by atoms with E-state index in [-0.39, 0.29) is 16.8 Å². The van der Waals surface area contributed by atoms with E-state index in [0.29, 0.717) is 0 Å². The van der Waals surface area contributed by atoms with Crippen molar-refractivity contribution in [3.8, 4) is 11.5 Å². The summed E-state index contributed by atoms with van der Waals surface area (Å²) in [6, 6.07) is 2.11. The predicted octanol–water partition coefficient (Wildman–Crippen LogP) is 2.17. The molecule has 0 fully saturated rings. The third kappa shape index (κ3) is 1.95. The number of phenols is 1. The maximum atomic E-state index is 12.0. The first kappa shape index (κ1) is 9.63. The van der Waals surface area contributed by atoms with Gasteiger partial charge in [0, 0.05) is 12.1 Å². The Kier molecular flexibility index (Phi) is 1.95. The van der Waals surface area contributed by atoms with Gasteiger partial charge in [-0.05, 0) is 0 Å². The number of aromatic hydroxyl groups is 1. The first-order valence-corrected chi connectivity index (χ1v) is 3.87. The van der Waals surface area contributed by atoms with Crippen LogP contribution in [0.15, 0.2) is 18.5 Å². The van der Waals surface area contributed by atoms with Crippen LogP contribution >= 0.6 is 0 Å². The minimum atomic E-state index is -4.81. The number of rotatable bonds is 1. The Morgan fingerprint density at radius 2 is 2.07 bits per heavy atom. The van der Waals surface area contributed by atoms with E-state index >= 15 is 0 Å². The summed E-state index contributed by atoms with van der Waals surface area (Å²) < 4.78 is 39.6. The standard InChI is InChI=1S/C8H5F3N2O2/c9-8(10,11)15-6-2-4(14)1-5-7(6)13-3-12-5/h1-3,14H,(H,12,13). The molecule has 0 unspecified atom stereocenters. The molecular formula is C8H5F3N2O2. The van der Waals surface area contributed by atoms with Gasteiger partial charge in [0.1, 0.15) is 11.3 Å². The van der Waals surface area contributed by atoms with Crippen molar-refractivity contribution in [2.45, 2.75) is 6.36 Å². The van der Waals surface area contributed by atoms with Crippen LogP contribution in [0.1, 0.15) is 0 Å². The quantitative estimate of drug-likeness (QED) is 0.771. The van der Waals surface area contributed by atoms with Crippen molar-refractivity contribution in [2.24, 2.45) is 0 Å². The highest BCUT2D eigenvalue weighted by molar-refractivity contribution is 5.82. The number of benzene rings is 1. The maximum absolute atomic E-state index is 12.0. The highest BCUT2D eigenvalue weighted by atomic mass is 19.4. The van der Waals surface area contributed by atoms with Gasteiger partial charge in [-0.3, -0.25) is 0 Å². The number of fused-ring (bicyclic) bond motifs is 1. The van der Waals surface area contributed by atoms with Gasteiger partial charge in [0.05, 0.1) is 11.8 Å². The van der Waals surface area contributed by atoms with Crippen molar-refractivity contribution in [2.75, 3.05) is 0 Å². The molecule has 1 aromatic heterocycles. The third-order valence-electron chi connectivity index (χ3n) is 1.70. The number of ether oxygens (including phenoxy) is 1. The number of nitrogens with zero attached hydrogens (tertiary/aromatic N) is 1. The molecular weight excluding hydrogens is 213 g/mol. The van der Waals surface area contributed by atoms with Gasteiger partial charge in [-0.25, -0.2) is 4.98 Å². The molecule has 0 atom stereocenters. The molecule has 0 saturated heterocycles. The zero-order chi connectivity index (χ0) is 11.1. The van der Waals surface area contributed by atoms with Crippen LogP contribution in [0.2, 0.25) is 0 Å². The summed E-state index contributed by atoms with van der Waals surface area (Å²) in [5.41, 5.74) is 0.291. The molecule has 2 rings (SSSR count). The van der Waals surface area contributed by atoms with Crippen LogP contribution < -0.4 is 4.74 Å². The van der Waals surface area contributed by atoms with Gasteiger partial charge >= 0.3 is 6.36 Å². The smallest absolute Gasteiger partial charge is 0.508 e. The third-order valence-corrected chi connectivity index (χ3v) is 1.70. The van der Waals surface area contributed by atoms with E-state index in [9.17, 15) is 13.2 Å². The Balaban J connectivity index is 2.53. The fourth-order valence-corrected chi connectivity index (χ4v) is 1.21. The van der Waals surface area contributed by atoms with E-state index in [1.165, 1.54) is 12.4 Å². The molecule has 0 amide bonds. The number of imidazole rings is 1. The molecule has 80 valence electrons. The zero-order valence-corrected chi connectivity index (χ0v) is 7.17. The molecule has 4 nitrogen and oxygen atoms in total. The lowest BCUT2D eigenvalue weighted by molar-refractivity contribution is -0.274. The number of aromatic amines is 1. The summed E-state index contributed by atoms with van der Waals surface area (Å²) in [5, 5.41) is 9.13. The average Bonchev–Trinajstić information content (AvgIpc) is 2.48. The Morgan fingerprint density at radius 1 is 1.33 bits per heavy atom. The largest absolute Gasteiger partial charge is 0.573 e. The molecule has 15 heavy (non-hydrogen) atoms. The van der Waals surface area contributed by atoms with Crippen molar-refractivity contribution in [1.82, 2.24) is 9.97 Å². The molecule has 2 N–H and O–H groups in total. The number of halogens is 3. The van der Waals surface area contributed by atoms with Crippen LogP contribution in [-0.2, 0) is 0 Å². The molecule has 0 bridgehead atoms. The van der Waals surface area contributed by atoms with Gasteiger partial charge in [-0.15, -0.1) is 13.2 Å². The fourth-order valence-electron chi connectivity index (χ4n) is 1.21. The molecule has 0 aliphatic heterocycles. The van der Waals surface area contributed by atoms with E-state index in [1.54, 1.807) is 0 Å². The highest BCUT2D eigenvalue weighted by Crippen LogP contribution is 2.32. The lowest BCUT2D eigenvalue weighted by Gasteiger charge is -2.09. The first-order valence-electron chi connectivity index (χ1n) is 3.87. The fraction of sp³-hybridized carbons (Fsp3) is 0.125. The number of phenolic OH excluding ortho intramolecular Hbond substituents is 1. The number of nitrogens with one attached hydrogen (secondary N) is 1. The van der Waals surface area contributed by atoms with Crippen LogP contribution in [0, 0.1) is 0 Å². The Hall–Kier alpha value is -1.92. The topological polar surface area (TPSA) is 58.1 Å². The maximum Gasteiger partial charge on any atom is 0.573 e. The Morgan fingerprint density at radius 3 is 2.73 bits per heavy atom. The van der Waals surface area contributed by atoms with Crippen LogP contribution in [0.4, 0.5) is 13.2 Å².